The third kappa shape index (κ3) is 4.06. The fourth-order valence-corrected chi connectivity index (χ4v) is 0.998. The van der Waals surface area contributed by atoms with E-state index in [-0.39, 0.29) is 5.56 Å². The molecule has 15 heavy (non-hydrogen) atoms. The summed E-state index contributed by atoms with van der Waals surface area (Å²) in [7, 11) is 0. The van der Waals surface area contributed by atoms with Gasteiger partial charge in [0, 0.05) is 11.8 Å². The van der Waals surface area contributed by atoms with Crippen LogP contribution in [0.4, 0.5) is 8.78 Å². The molecule has 0 amide bonds. The van der Waals surface area contributed by atoms with Gasteiger partial charge in [0.25, 0.3) is 6.43 Å². The average Bonchev–Trinajstić information content (AvgIpc) is 2.25. The van der Waals surface area contributed by atoms with Gasteiger partial charge in [0.15, 0.2) is 0 Å². The van der Waals surface area contributed by atoms with Gasteiger partial charge in [-0.3, -0.25) is 0 Å². The Bertz CT molecular complexity index is 309. The highest BCUT2D eigenvalue weighted by Crippen LogP contribution is 2.18. The molecule has 0 aliphatic carbocycles. The molecule has 1 aromatic rings. The van der Waals surface area contributed by atoms with Crippen LogP contribution in [0.15, 0.2) is 29.4 Å². The predicted molar refractivity (Wildman–Crippen MR) is 55.0 cm³/mol. The van der Waals surface area contributed by atoms with Crippen LogP contribution in [0.1, 0.15) is 30.9 Å². The third-order valence-corrected chi connectivity index (χ3v) is 1.79. The van der Waals surface area contributed by atoms with E-state index in [1.54, 1.807) is 18.3 Å². The molecule has 0 saturated heterocycles. The molecule has 0 bridgehead atoms. The SMILES string of the molecule is CCC=NOCc1ccc(C(F)F)cc1. The molecule has 82 valence electrons. The topological polar surface area (TPSA) is 21.6 Å². The maximum atomic E-state index is 12.2. The number of halogens is 2. The number of benzene rings is 1. The molecule has 0 N–H and O–H groups in total. The largest absolute Gasteiger partial charge is 0.391 e. The highest BCUT2D eigenvalue weighted by Gasteiger charge is 2.05. The Morgan fingerprint density at radius 2 is 2.00 bits per heavy atom. The second kappa shape index (κ2) is 6.11. The van der Waals surface area contributed by atoms with Crippen molar-refractivity contribution in [3.05, 3.63) is 35.4 Å². The van der Waals surface area contributed by atoms with E-state index in [2.05, 4.69) is 5.16 Å². The maximum Gasteiger partial charge on any atom is 0.263 e. The van der Waals surface area contributed by atoms with Crippen molar-refractivity contribution in [2.24, 2.45) is 5.16 Å². The lowest BCUT2D eigenvalue weighted by atomic mass is 10.1. The van der Waals surface area contributed by atoms with Crippen LogP contribution in [0, 0.1) is 0 Å². The molecule has 1 aromatic carbocycles. The van der Waals surface area contributed by atoms with Crippen LogP contribution in [0.25, 0.3) is 0 Å². The van der Waals surface area contributed by atoms with E-state index in [9.17, 15) is 8.78 Å². The van der Waals surface area contributed by atoms with Gasteiger partial charge >= 0.3 is 0 Å². The summed E-state index contributed by atoms with van der Waals surface area (Å²) in [6.07, 6.45) is 0.0378. The normalized spacial score (nSPS) is 11.2. The molecule has 1 rings (SSSR count). The molecule has 0 radical (unpaired) electrons. The fraction of sp³-hybridized carbons (Fsp3) is 0.364. The highest BCUT2D eigenvalue weighted by atomic mass is 19.3. The van der Waals surface area contributed by atoms with Crippen LogP contribution in [0.3, 0.4) is 0 Å². The minimum Gasteiger partial charge on any atom is -0.391 e. The van der Waals surface area contributed by atoms with Crippen molar-refractivity contribution in [2.75, 3.05) is 0 Å². The molecule has 0 fully saturated rings. The summed E-state index contributed by atoms with van der Waals surface area (Å²) in [5, 5.41) is 3.67. The molecule has 0 heterocycles. The predicted octanol–water partition coefficient (Wildman–Crippen LogP) is 3.54. The van der Waals surface area contributed by atoms with Gasteiger partial charge in [-0.05, 0) is 12.0 Å². The molecule has 0 unspecified atom stereocenters. The van der Waals surface area contributed by atoms with Crippen molar-refractivity contribution < 1.29 is 13.6 Å². The highest BCUT2D eigenvalue weighted by molar-refractivity contribution is 5.55. The van der Waals surface area contributed by atoms with Crippen molar-refractivity contribution in [1.82, 2.24) is 0 Å². The second-order valence-electron chi connectivity index (χ2n) is 3.01. The monoisotopic (exact) mass is 213 g/mol. The van der Waals surface area contributed by atoms with Gasteiger partial charge in [-0.15, -0.1) is 0 Å². The summed E-state index contributed by atoms with van der Waals surface area (Å²) in [5.74, 6) is 0. The van der Waals surface area contributed by atoms with Crippen LogP contribution in [0.5, 0.6) is 0 Å². The van der Waals surface area contributed by atoms with E-state index in [0.29, 0.717) is 6.61 Å². The molecule has 4 heteroatoms. The number of oxime groups is 1. The van der Waals surface area contributed by atoms with Gasteiger partial charge in [-0.25, -0.2) is 8.78 Å². The zero-order valence-electron chi connectivity index (χ0n) is 8.49. The van der Waals surface area contributed by atoms with E-state index < -0.39 is 6.43 Å². The van der Waals surface area contributed by atoms with Crippen molar-refractivity contribution in [3.8, 4) is 0 Å². The first-order valence-corrected chi connectivity index (χ1v) is 4.74. The summed E-state index contributed by atoms with van der Waals surface area (Å²) in [5.41, 5.74) is 0.850. The molecular formula is C11H13F2NO. The van der Waals surface area contributed by atoms with Crippen LogP contribution >= 0.6 is 0 Å². The fourth-order valence-electron chi connectivity index (χ4n) is 0.998. The van der Waals surface area contributed by atoms with Gasteiger partial charge in [-0.2, -0.15) is 0 Å². The number of hydrogen-bond donors (Lipinski definition) is 0. The molecule has 0 aliphatic heterocycles. The quantitative estimate of drug-likeness (QED) is 0.541. The molecule has 0 saturated carbocycles. The van der Waals surface area contributed by atoms with Crippen LogP contribution < -0.4 is 0 Å². The summed E-state index contributed by atoms with van der Waals surface area (Å²) >= 11 is 0. The Labute approximate surface area is 87.6 Å². The number of hydrogen-bond acceptors (Lipinski definition) is 2. The molecule has 0 aliphatic rings. The molecule has 0 spiro atoms. The van der Waals surface area contributed by atoms with E-state index in [1.807, 2.05) is 6.92 Å². The van der Waals surface area contributed by atoms with E-state index in [1.165, 1.54) is 12.1 Å². The number of rotatable bonds is 5. The zero-order valence-corrected chi connectivity index (χ0v) is 8.49. The van der Waals surface area contributed by atoms with E-state index in [0.717, 1.165) is 12.0 Å². The minimum absolute atomic E-state index is 0.0239. The number of nitrogens with zero attached hydrogens (tertiary/aromatic N) is 1. The lowest BCUT2D eigenvalue weighted by Gasteiger charge is -2.02. The number of alkyl halides is 2. The third-order valence-electron chi connectivity index (χ3n) is 1.79. The second-order valence-corrected chi connectivity index (χ2v) is 3.01. The Morgan fingerprint density at radius 1 is 1.33 bits per heavy atom. The Kier molecular flexibility index (Phi) is 4.74. The minimum atomic E-state index is -2.42. The first kappa shape index (κ1) is 11.6. The van der Waals surface area contributed by atoms with Crippen molar-refractivity contribution in [3.63, 3.8) is 0 Å². The van der Waals surface area contributed by atoms with Crippen molar-refractivity contribution >= 4 is 6.21 Å². The lowest BCUT2D eigenvalue weighted by molar-refractivity contribution is 0.131. The Hall–Kier alpha value is -1.45. The molecule has 2 nitrogen and oxygen atoms in total. The van der Waals surface area contributed by atoms with Gasteiger partial charge < -0.3 is 4.84 Å². The van der Waals surface area contributed by atoms with Crippen LogP contribution in [-0.2, 0) is 11.4 Å². The van der Waals surface area contributed by atoms with E-state index >= 15 is 0 Å². The van der Waals surface area contributed by atoms with Crippen LogP contribution in [-0.4, -0.2) is 6.21 Å². The lowest BCUT2D eigenvalue weighted by Crippen LogP contribution is -1.89. The Balaban J connectivity index is 2.46. The van der Waals surface area contributed by atoms with Gasteiger partial charge in [0.05, 0.1) is 0 Å². The van der Waals surface area contributed by atoms with Gasteiger partial charge in [0.1, 0.15) is 6.61 Å². The molecular weight excluding hydrogens is 200 g/mol. The summed E-state index contributed by atoms with van der Waals surface area (Å²) in [6.45, 7) is 2.25. The van der Waals surface area contributed by atoms with Crippen LogP contribution in [0.2, 0.25) is 0 Å². The summed E-state index contributed by atoms with van der Waals surface area (Å²) in [4.78, 5) is 4.94. The standard InChI is InChI=1S/C11H13F2NO/c1-2-7-14-15-8-9-3-5-10(6-4-9)11(12)13/h3-7,11H,2,8H2,1H3. The van der Waals surface area contributed by atoms with E-state index in [4.69, 9.17) is 4.84 Å². The molecule has 0 atom stereocenters. The molecule has 0 aromatic heterocycles. The van der Waals surface area contributed by atoms with Crippen molar-refractivity contribution in [1.29, 1.82) is 0 Å². The summed E-state index contributed by atoms with van der Waals surface area (Å²) < 4.78 is 24.4. The zero-order chi connectivity index (χ0) is 11.1. The smallest absolute Gasteiger partial charge is 0.263 e. The summed E-state index contributed by atoms with van der Waals surface area (Å²) in [6, 6.07) is 6.02. The first-order valence-electron chi connectivity index (χ1n) is 4.74. The van der Waals surface area contributed by atoms with Gasteiger partial charge in [0.2, 0.25) is 0 Å². The van der Waals surface area contributed by atoms with Gasteiger partial charge in [-0.1, -0.05) is 36.3 Å². The van der Waals surface area contributed by atoms with Crippen molar-refractivity contribution in [2.45, 2.75) is 26.4 Å². The maximum absolute atomic E-state index is 12.2. The average molecular weight is 213 g/mol. The first-order chi connectivity index (χ1) is 7.24. The Morgan fingerprint density at radius 3 is 2.53 bits per heavy atom.